The van der Waals surface area contributed by atoms with E-state index in [2.05, 4.69) is 31.6 Å². The van der Waals surface area contributed by atoms with Gasteiger partial charge in [0, 0.05) is 12.8 Å². The van der Waals surface area contributed by atoms with Crippen molar-refractivity contribution in [3.05, 3.63) is 11.8 Å². The molecule has 15 heavy (non-hydrogen) atoms. The van der Waals surface area contributed by atoms with Gasteiger partial charge in [-0.05, 0) is 6.42 Å². The maximum Gasteiger partial charge on any atom is 0.0659 e. The summed E-state index contributed by atoms with van der Waals surface area (Å²) in [6.07, 6.45) is 10.1. The molecule has 0 fully saturated rings. The Kier molecular flexibility index (Phi) is 9.90. The van der Waals surface area contributed by atoms with Gasteiger partial charge in [-0.15, -0.1) is 0 Å². The monoisotopic (exact) mass is 225 g/mol. The Labute approximate surface area is 97.3 Å². The van der Waals surface area contributed by atoms with Gasteiger partial charge in [-0.3, -0.25) is 4.99 Å². The van der Waals surface area contributed by atoms with Gasteiger partial charge in [0.25, 0.3) is 0 Å². The van der Waals surface area contributed by atoms with Crippen LogP contribution in [0.5, 0.6) is 0 Å². The van der Waals surface area contributed by atoms with Crippen molar-refractivity contribution in [2.75, 3.05) is 6.54 Å². The summed E-state index contributed by atoms with van der Waals surface area (Å²) >= 11 is 0. The molecule has 88 valence electrons. The van der Waals surface area contributed by atoms with E-state index >= 15 is 0 Å². The van der Waals surface area contributed by atoms with Gasteiger partial charge in [0.05, 0.1) is 8.80 Å². The van der Waals surface area contributed by atoms with Crippen LogP contribution in [0.25, 0.3) is 0 Å². The summed E-state index contributed by atoms with van der Waals surface area (Å²) < 4.78 is 0. The summed E-state index contributed by atoms with van der Waals surface area (Å²) in [7, 11) is -0.683. The van der Waals surface area contributed by atoms with Crippen molar-refractivity contribution in [3.63, 3.8) is 0 Å². The van der Waals surface area contributed by atoms with Crippen LogP contribution >= 0.6 is 0 Å². The van der Waals surface area contributed by atoms with Crippen molar-refractivity contribution in [1.82, 2.24) is 0 Å². The zero-order valence-electron chi connectivity index (χ0n) is 10.8. The maximum absolute atomic E-state index is 4.42. The van der Waals surface area contributed by atoms with Crippen LogP contribution < -0.4 is 0 Å². The minimum Gasteiger partial charge on any atom is -0.293 e. The third-order valence-electron chi connectivity index (χ3n) is 2.64. The van der Waals surface area contributed by atoms with Crippen LogP contribution in [0, 0.1) is 0 Å². The molecule has 0 saturated heterocycles. The second-order valence-electron chi connectivity index (χ2n) is 4.53. The predicted molar refractivity (Wildman–Crippen MR) is 74.8 cm³/mol. The van der Waals surface area contributed by atoms with Gasteiger partial charge in [-0.1, -0.05) is 63.9 Å². The van der Waals surface area contributed by atoms with E-state index in [0.29, 0.717) is 0 Å². The first-order valence-corrected chi connectivity index (χ1v) is 9.25. The molecule has 0 unspecified atom stereocenters. The highest BCUT2D eigenvalue weighted by Crippen LogP contribution is 2.04. The lowest BCUT2D eigenvalue weighted by molar-refractivity contribution is 0.612. The lowest BCUT2D eigenvalue weighted by atomic mass is 10.1. The van der Waals surface area contributed by atoms with Crippen molar-refractivity contribution in [3.8, 4) is 0 Å². The van der Waals surface area contributed by atoms with Gasteiger partial charge in [0.2, 0.25) is 0 Å². The Hall–Kier alpha value is -0.373. The topological polar surface area (TPSA) is 12.4 Å². The standard InChI is InChI=1S/C13H27NSi/c1-5-6-7-8-9-10-11-14-12-13(2)15(3)4/h12,15H,2,5-11H2,1,3-4H3. The molecule has 0 radical (unpaired) electrons. The zero-order chi connectivity index (χ0) is 11.5. The molecule has 0 aromatic rings. The predicted octanol–water partition coefficient (Wildman–Crippen LogP) is 4.00. The van der Waals surface area contributed by atoms with Crippen molar-refractivity contribution >= 4 is 15.0 Å². The van der Waals surface area contributed by atoms with Crippen LogP contribution in [0.1, 0.15) is 45.4 Å². The molecular weight excluding hydrogens is 198 g/mol. The highest BCUT2D eigenvalue weighted by atomic mass is 28.3. The highest BCUT2D eigenvalue weighted by Gasteiger charge is 1.96. The molecule has 0 aromatic carbocycles. The van der Waals surface area contributed by atoms with Crippen LogP contribution in [-0.2, 0) is 0 Å². The summed E-state index contributed by atoms with van der Waals surface area (Å²) in [6, 6.07) is 0. The second kappa shape index (κ2) is 10.2. The molecule has 0 bridgehead atoms. The number of hydrogen-bond donors (Lipinski definition) is 0. The number of hydrogen-bond acceptors (Lipinski definition) is 1. The first-order valence-electron chi connectivity index (χ1n) is 6.37. The molecule has 0 aliphatic carbocycles. The van der Waals surface area contributed by atoms with Gasteiger partial charge in [-0.2, -0.15) is 0 Å². The Morgan fingerprint density at radius 1 is 1.13 bits per heavy atom. The molecular formula is C13H27NSi. The number of allylic oxidation sites excluding steroid dienone is 1. The number of unbranched alkanes of at least 4 members (excludes halogenated alkanes) is 5. The molecule has 0 saturated carbocycles. The van der Waals surface area contributed by atoms with Crippen LogP contribution in [-0.4, -0.2) is 21.6 Å². The molecule has 0 rings (SSSR count). The molecule has 0 aliphatic heterocycles. The fourth-order valence-corrected chi connectivity index (χ4v) is 1.72. The molecule has 1 nitrogen and oxygen atoms in total. The Balaban J connectivity index is 3.27. The number of aliphatic imine (C=N–C) groups is 1. The first-order chi connectivity index (χ1) is 7.18. The third-order valence-corrected chi connectivity index (χ3v) is 4.27. The fourth-order valence-electron chi connectivity index (χ4n) is 1.31. The van der Waals surface area contributed by atoms with Crippen molar-refractivity contribution in [2.24, 2.45) is 4.99 Å². The van der Waals surface area contributed by atoms with E-state index < -0.39 is 8.80 Å². The van der Waals surface area contributed by atoms with E-state index in [9.17, 15) is 0 Å². The van der Waals surface area contributed by atoms with Gasteiger partial charge in [-0.25, -0.2) is 0 Å². The van der Waals surface area contributed by atoms with Crippen LogP contribution in [0.15, 0.2) is 16.8 Å². The van der Waals surface area contributed by atoms with E-state index in [0.717, 1.165) is 6.54 Å². The zero-order valence-corrected chi connectivity index (χ0v) is 11.9. The molecule has 0 atom stereocenters. The molecule has 0 amide bonds. The van der Waals surface area contributed by atoms with Gasteiger partial charge < -0.3 is 0 Å². The van der Waals surface area contributed by atoms with Crippen molar-refractivity contribution in [1.29, 1.82) is 0 Å². The normalized spacial score (nSPS) is 11.5. The SMILES string of the molecule is C=C(C=NCCCCCCCC)[SiH](C)C. The highest BCUT2D eigenvalue weighted by molar-refractivity contribution is 6.68. The first kappa shape index (κ1) is 14.6. The number of nitrogens with zero attached hydrogens (tertiary/aromatic N) is 1. The van der Waals surface area contributed by atoms with E-state index in [-0.39, 0.29) is 0 Å². The average Bonchev–Trinajstić information content (AvgIpc) is 2.21. The van der Waals surface area contributed by atoms with Gasteiger partial charge >= 0.3 is 0 Å². The van der Waals surface area contributed by atoms with E-state index in [1.54, 1.807) is 0 Å². The number of rotatable bonds is 9. The van der Waals surface area contributed by atoms with Crippen LogP contribution in [0.2, 0.25) is 13.1 Å². The fraction of sp³-hybridized carbons (Fsp3) is 0.769. The molecule has 2 heteroatoms. The quantitative estimate of drug-likeness (QED) is 0.319. The molecule has 0 aliphatic rings. The van der Waals surface area contributed by atoms with E-state index in [4.69, 9.17) is 0 Å². The lowest BCUT2D eigenvalue weighted by Crippen LogP contribution is -2.05. The molecule has 0 spiro atoms. The summed E-state index contributed by atoms with van der Waals surface area (Å²) in [5, 5.41) is 1.28. The minimum absolute atomic E-state index is 0.683. The third kappa shape index (κ3) is 9.92. The van der Waals surface area contributed by atoms with Gasteiger partial charge in [0.1, 0.15) is 0 Å². The summed E-state index contributed by atoms with van der Waals surface area (Å²) in [5.74, 6) is 0. The minimum atomic E-state index is -0.683. The lowest BCUT2D eigenvalue weighted by Gasteiger charge is -2.01. The maximum atomic E-state index is 4.42. The Morgan fingerprint density at radius 2 is 1.73 bits per heavy atom. The average molecular weight is 225 g/mol. The van der Waals surface area contributed by atoms with Crippen LogP contribution in [0.3, 0.4) is 0 Å². The van der Waals surface area contributed by atoms with Gasteiger partial charge in [0.15, 0.2) is 0 Å². The smallest absolute Gasteiger partial charge is 0.0659 e. The summed E-state index contributed by atoms with van der Waals surface area (Å²) in [5.41, 5.74) is 0. The van der Waals surface area contributed by atoms with Crippen molar-refractivity contribution < 1.29 is 0 Å². The van der Waals surface area contributed by atoms with Crippen LogP contribution in [0.4, 0.5) is 0 Å². The Morgan fingerprint density at radius 3 is 2.33 bits per heavy atom. The Bertz CT molecular complexity index is 185. The molecule has 0 aromatic heterocycles. The molecule has 0 heterocycles. The second-order valence-corrected chi connectivity index (χ2v) is 7.58. The largest absolute Gasteiger partial charge is 0.293 e. The van der Waals surface area contributed by atoms with E-state index in [1.165, 1.54) is 43.7 Å². The van der Waals surface area contributed by atoms with Crippen molar-refractivity contribution in [2.45, 2.75) is 58.5 Å². The molecule has 0 N–H and O–H groups in total. The van der Waals surface area contributed by atoms with E-state index in [1.807, 2.05) is 6.21 Å². The summed E-state index contributed by atoms with van der Waals surface area (Å²) in [6.45, 7) is 11.9. The summed E-state index contributed by atoms with van der Waals surface area (Å²) in [4.78, 5) is 4.42.